The number of nitrogens with two attached hydrogens (primary N) is 1. The number of nitrogens with one attached hydrogen (secondary N) is 1. The van der Waals surface area contributed by atoms with Gasteiger partial charge in [-0.2, -0.15) is 0 Å². The molecule has 4 nitrogen and oxygen atoms in total. The Labute approximate surface area is 125 Å². The molecule has 0 aliphatic heterocycles. The third-order valence-electron chi connectivity index (χ3n) is 2.90. The number of carbonyl (C=O) groups is 1. The number of hydrogen-bond donors (Lipinski definition) is 2. The van der Waals surface area contributed by atoms with Crippen LogP contribution in [-0.4, -0.2) is 25.1 Å². The average Bonchev–Trinajstić information content (AvgIpc) is 2.36. The molecule has 0 aliphatic carbocycles. The van der Waals surface area contributed by atoms with Gasteiger partial charge in [-0.1, -0.05) is 25.4 Å². The van der Waals surface area contributed by atoms with E-state index >= 15 is 0 Å². The predicted molar refractivity (Wildman–Crippen MR) is 82.1 cm³/mol. The fourth-order valence-corrected chi connectivity index (χ4v) is 2.20. The lowest BCUT2D eigenvalue weighted by atomic mass is 10.0. The summed E-state index contributed by atoms with van der Waals surface area (Å²) in [6.45, 7) is 6.51. The number of hydrogen-bond acceptors (Lipinski definition) is 3. The van der Waals surface area contributed by atoms with Crippen LogP contribution in [-0.2, 0) is 4.79 Å². The molecule has 1 unspecified atom stereocenters. The first-order valence-corrected chi connectivity index (χ1v) is 7.18. The van der Waals surface area contributed by atoms with E-state index < -0.39 is 0 Å². The van der Waals surface area contributed by atoms with E-state index in [-0.39, 0.29) is 18.6 Å². The van der Waals surface area contributed by atoms with Crippen LogP contribution in [0.25, 0.3) is 0 Å². The van der Waals surface area contributed by atoms with Crippen molar-refractivity contribution in [2.45, 2.75) is 33.2 Å². The van der Waals surface area contributed by atoms with Gasteiger partial charge in [-0.25, -0.2) is 0 Å². The monoisotopic (exact) mass is 298 g/mol. The molecule has 112 valence electrons. The second kappa shape index (κ2) is 8.12. The smallest absolute Gasteiger partial charge is 0.258 e. The van der Waals surface area contributed by atoms with Gasteiger partial charge in [0, 0.05) is 17.6 Å². The van der Waals surface area contributed by atoms with E-state index in [0.717, 1.165) is 12.0 Å². The molecule has 20 heavy (non-hydrogen) atoms. The highest BCUT2D eigenvalue weighted by atomic mass is 35.5. The van der Waals surface area contributed by atoms with Gasteiger partial charge < -0.3 is 15.8 Å². The van der Waals surface area contributed by atoms with Gasteiger partial charge >= 0.3 is 0 Å². The standard InChI is InChI=1S/C15H23ClN2O2/c1-10(2)6-13(8-17)18-15(19)9-20-14-5-4-12(16)7-11(14)3/h4-5,7,10,13H,6,8-9,17H2,1-3H3,(H,18,19). The van der Waals surface area contributed by atoms with Crippen molar-refractivity contribution in [2.75, 3.05) is 13.2 Å². The number of benzene rings is 1. The molecule has 0 aromatic heterocycles. The van der Waals surface area contributed by atoms with Crippen LogP contribution < -0.4 is 15.8 Å². The number of amides is 1. The maximum absolute atomic E-state index is 11.8. The molecule has 0 radical (unpaired) electrons. The molecule has 3 N–H and O–H groups in total. The number of carbonyl (C=O) groups excluding carboxylic acids is 1. The van der Waals surface area contributed by atoms with Crippen LogP contribution in [0, 0.1) is 12.8 Å². The minimum atomic E-state index is -0.157. The molecule has 1 rings (SSSR count). The van der Waals surface area contributed by atoms with E-state index in [4.69, 9.17) is 22.1 Å². The van der Waals surface area contributed by atoms with Crippen LogP contribution >= 0.6 is 11.6 Å². The summed E-state index contributed by atoms with van der Waals surface area (Å²) in [5.74, 6) is 0.997. The van der Waals surface area contributed by atoms with Crippen molar-refractivity contribution in [1.82, 2.24) is 5.32 Å². The van der Waals surface area contributed by atoms with Crippen LogP contribution in [0.5, 0.6) is 5.75 Å². The van der Waals surface area contributed by atoms with Gasteiger partial charge in [0.05, 0.1) is 0 Å². The summed E-state index contributed by atoms with van der Waals surface area (Å²) in [5, 5.41) is 3.54. The molecule has 0 spiro atoms. The molecule has 0 bridgehead atoms. The summed E-state index contributed by atoms with van der Waals surface area (Å²) in [4.78, 5) is 11.8. The summed E-state index contributed by atoms with van der Waals surface area (Å²) in [5.41, 5.74) is 6.55. The van der Waals surface area contributed by atoms with Crippen molar-refractivity contribution in [3.8, 4) is 5.75 Å². The van der Waals surface area contributed by atoms with Gasteiger partial charge in [0.1, 0.15) is 5.75 Å². The second-order valence-corrected chi connectivity index (χ2v) is 5.76. The summed E-state index contributed by atoms with van der Waals surface area (Å²) >= 11 is 5.87. The van der Waals surface area contributed by atoms with Crippen LogP contribution in [0.1, 0.15) is 25.8 Å². The Morgan fingerprint density at radius 3 is 2.70 bits per heavy atom. The first-order valence-electron chi connectivity index (χ1n) is 6.80. The van der Waals surface area contributed by atoms with Crippen molar-refractivity contribution in [1.29, 1.82) is 0 Å². The predicted octanol–water partition coefficient (Wildman–Crippen LogP) is 2.52. The van der Waals surface area contributed by atoms with Crippen molar-refractivity contribution < 1.29 is 9.53 Å². The third kappa shape index (κ3) is 5.80. The minimum Gasteiger partial charge on any atom is -0.484 e. The maximum Gasteiger partial charge on any atom is 0.258 e. The normalized spacial score (nSPS) is 12.3. The Morgan fingerprint density at radius 2 is 2.15 bits per heavy atom. The minimum absolute atomic E-state index is 0.00239. The second-order valence-electron chi connectivity index (χ2n) is 5.33. The Hall–Kier alpha value is -1.26. The summed E-state index contributed by atoms with van der Waals surface area (Å²) in [7, 11) is 0. The van der Waals surface area contributed by atoms with E-state index in [1.54, 1.807) is 18.2 Å². The lowest BCUT2D eigenvalue weighted by Crippen LogP contribution is -2.43. The summed E-state index contributed by atoms with van der Waals surface area (Å²) in [6.07, 6.45) is 0.863. The maximum atomic E-state index is 11.8. The summed E-state index contributed by atoms with van der Waals surface area (Å²) < 4.78 is 5.49. The lowest BCUT2D eigenvalue weighted by Gasteiger charge is -2.19. The van der Waals surface area contributed by atoms with Crippen LogP contribution in [0.4, 0.5) is 0 Å². The molecule has 1 amide bonds. The zero-order chi connectivity index (χ0) is 15.1. The molecule has 1 atom stereocenters. The highest BCUT2D eigenvalue weighted by Gasteiger charge is 2.13. The molecule has 5 heteroatoms. The molecule has 0 saturated carbocycles. The molecule has 0 heterocycles. The Kier molecular flexibility index (Phi) is 6.82. The molecular formula is C15H23ClN2O2. The molecule has 0 aliphatic rings. The summed E-state index contributed by atoms with van der Waals surface area (Å²) in [6, 6.07) is 5.30. The van der Waals surface area contributed by atoms with Crippen LogP contribution in [0.2, 0.25) is 5.02 Å². The molecule has 0 fully saturated rings. The van der Waals surface area contributed by atoms with Gasteiger partial charge in [-0.3, -0.25) is 4.79 Å². The molecule has 1 aromatic carbocycles. The van der Waals surface area contributed by atoms with Crippen molar-refractivity contribution in [3.63, 3.8) is 0 Å². The number of halogens is 1. The quantitative estimate of drug-likeness (QED) is 0.813. The zero-order valence-electron chi connectivity index (χ0n) is 12.3. The van der Waals surface area contributed by atoms with E-state index in [9.17, 15) is 4.79 Å². The lowest BCUT2D eigenvalue weighted by molar-refractivity contribution is -0.123. The fraction of sp³-hybridized carbons (Fsp3) is 0.533. The van der Waals surface area contributed by atoms with Gasteiger partial charge in [0.25, 0.3) is 5.91 Å². The van der Waals surface area contributed by atoms with Crippen LogP contribution in [0.15, 0.2) is 18.2 Å². The molecule has 0 saturated heterocycles. The van der Waals surface area contributed by atoms with Crippen LogP contribution in [0.3, 0.4) is 0 Å². The van der Waals surface area contributed by atoms with E-state index in [0.29, 0.717) is 23.2 Å². The first-order chi connectivity index (χ1) is 9.42. The van der Waals surface area contributed by atoms with Gasteiger partial charge in [-0.05, 0) is 43.0 Å². The Balaban J connectivity index is 2.46. The number of aryl methyl sites for hydroxylation is 1. The van der Waals surface area contributed by atoms with E-state index in [2.05, 4.69) is 19.2 Å². The Morgan fingerprint density at radius 1 is 1.45 bits per heavy atom. The number of ether oxygens (including phenoxy) is 1. The highest BCUT2D eigenvalue weighted by molar-refractivity contribution is 6.30. The van der Waals surface area contributed by atoms with Crippen molar-refractivity contribution >= 4 is 17.5 Å². The van der Waals surface area contributed by atoms with Gasteiger partial charge in [-0.15, -0.1) is 0 Å². The van der Waals surface area contributed by atoms with Gasteiger partial charge in [0.2, 0.25) is 0 Å². The van der Waals surface area contributed by atoms with E-state index in [1.165, 1.54) is 0 Å². The third-order valence-corrected chi connectivity index (χ3v) is 3.14. The number of rotatable bonds is 7. The fourth-order valence-electron chi connectivity index (χ4n) is 1.97. The topological polar surface area (TPSA) is 64.3 Å². The first kappa shape index (κ1) is 16.8. The molecular weight excluding hydrogens is 276 g/mol. The largest absolute Gasteiger partial charge is 0.484 e. The van der Waals surface area contributed by atoms with Crippen molar-refractivity contribution in [3.05, 3.63) is 28.8 Å². The van der Waals surface area contributed by atoms with E-state index in [1.807, 2.05) is 6.92 Å². The Bertz CT molecular complexity index is 449. The van der Waals surface area contributed by atoms with Crippen molar-refractivity contribution in [2.24, 2.45) is 11.7 Å². The zero-order valence-corrected chi connectivity index (χ0v) is 13.0. The SMILES string of the molecule is Cc1cc(Cl)ccc1OCC(=O)NC(CN)CC(C)C. The average molecular weight is 299 g/mol. The highest BCUT2D eigenvalue weighted by Crippen LogP contribution is 2.21. The van der Waals surface area contributed by atoms with Gasteiger partial charge in [0.15, 0.2) is 6.61 Å². The molecule has 1 aromatic rings.